The minimum absolute atomic E-state index is 0.0172. The summed E-state index contributed by atoms with van der Waals surface area (Å²) in [7, 11) is 2.44. The zero-order valence-electron chi connectivity index (χ0n) is 11.0. The van der Waals surface area contributed by atoms with E-state index in [0.29, 0.717) is 0 Å². The van der Waals surface area contributed by atoms with Crippen LogP contribution in [0.3, 0.4) is 0 Å². The third kappa shape index (κ3) is 2.22. The predicted octanol–water partition coefficient (Wildman–Crippen LogP) is 2.72. The van der Waals surface area contributed by atoms with E-state index in [2.05, 4.69) is 9.89 Å². The maximum atomic E-state index is 14.0. The Labute approximate surface area is 113 Å². The molecule has 2 rings (SSSR count). The molecule has 2 aromatic rings. The number of esters is 1. The molecule has 1 aromatic carbocycles. The minimum Gasteiger partial charge on any atom is -0.497 e. The number of methoxy groups -OCH3 is 2. The number of benzene rings is 1. The van der Waals surface area contributed by atoms with E-state index in [0.717, 1.165) is 19.2 Å². The minimum atomic E-state index is -0.916. The average Bonchev–Trinajstić information content (AvgIpc) is 2.78. The van der Waals surface area contributed by atoms with E-state index in [-0.39, 0.29) is 22.8 Å². The summed E-state index contributed by atoms with van der Waals surface area (Å²) < 4.78 is 42.1. The molecule has 0 saturated heterocycles. The van der Waals surface area contributed by atoms with E-state index in [1.165, 1.54) is 14.0 Å². The van der Waals surface area contributed by atoms with Crippen LogP contribution >= 0.6 is 0 Å². The third-order valence-electron chi connectivity index (χ3n) is 2.74. The Kier molecular flexibility index (Phi) is 3.69. The van der Waals surface area contributed by atoms with E-state index in [9.17, 15) is 13.6 Å². The number of halogens is 2. The highest BCUT2D eigenvalue weighted by atomic mass is 19.1. The highest BCUT2D eigenvalue weighted by Crippen LogP contribution is 2.32. The molecule has 5 nitrogen and oxygen atoms in total. The molecule has 0 aliphatic rings. The van der Waals surface area contributed by atoms with Gasteiger partial charge in [0.05, 0.1) is 19.8 Å². The molecule has 20 heavy (non-hydrogen) atoms. The van der Waals surface area contributed by atoms with Crippen LogP contribution in [-0.4, -0.2) is 25.3 Å². The van der Waals surface area contributed by atoms with Crippen LogP contribution in [0.1, 0.15) is 16.1 Å². The third-order valence-corrected chi connectivity index (χ3v) is 2.74. The van der Waals surface area contributed by atoms with Crippen LogP contribution in [0.5, 0.6) is 5.75 Å². The first-order chi connectivity index (χ1) is 9.49. The molecule has 1 heterocycles. The quantitative estimate of drug-likeness (QED) is 0.810. The number of carbonyl (C=O) groups is 1. The summed E-state index contributed by atoms with van der Waals surface area (Å²) in [6.07, 6.45) is 0. The van der Waals surface area contributed by atoms with Gasteiger partial charge in [0.1, 0.15) is 34.4 Å². The molecule has 106 valence electrons. The van der Waals surface area contributed by atoms with Gasteiger partial charge in [-0.2, -0.15) is 0 Å². The first kappa shape index (κ1) is 14.0. The van der Waals surface area contributed by atoms with Crippen LogP contribution < -0.4 is 4.74 Å². The summed E-state index contributed by atoms with van der Waals surface area (Å²) in [4.78, 5) is 11.6. The topological polar surface area (TPSA) is 61.6 Å². The molecule has 0 fully saturated rings. The van der Waals surface area contributed by atoms with Crippen molar-refractivity contribution >= 4 is 5.97 Å². The van der Waals surface area contributed by atoms with Gasteiger partial charge in [-0.1, -0.05) is 5.16 Å². The number of hydrogen-bond donors (Lipinski definition) is 0. The Bertz CT molecular complexity index is 643. The number of ether oxygens (including phenoxy) is 2. The van der Waals surface area contributed by atoms with E-state index >= 15 is 0 Å². The maximum absolute atomic E-state index is 14.0. The molecule has 0 radical (unpaired) electrons. The number of aryl methyl sites for hydroxylation is 1. The Balaban J connectivity index is 2.67. The Hall–Kier alpha value is -2.44. The standard InChI is InChI=1S/C13H11F2NO4/c1-6-10(13(17)19-3)12(16-20-6)11-8(14)4-7(18-2)5-9(11)15/h4-5H,1-3H3. The van der Waals surface area contributed by atoms with Crippen molar-refractivity contribution in [3.63, 3.8) is 0 Å². The first-order valence-corrected chi connectivity index (χ1v) is 5.57. The number of hydrogen-bond acceptors (Lipinski definition) is 5. The second-order valence-electron chi connectivity index (χ2n) is 3.92. The van der Waals surface area contributed by atoms with Crippen molar-refractivity contribution in [3.8, 4) is 17.0 Å². The summed E-state index contributed by atoms with van der Waals surface area (Å²) in [5.41, 5.74) is -0.828. The Morgan fingerprint density at radius 3 is 2.35 bits per heavy atom. The van der Waals surface area contributed by atoms with Crippen LogP contribution in [0.15, 0.2) is 16.7 Å². The van der Waals surface area contributed by atoms with E-state index in [1.54, 1.807) is 0 Å². The molecule has 0 aliphatic carbocycles. The summed E-state index contributed by atoms with van der Waals surface area (Å²) in [5, 5.41) is 3.54. The zero-order chi connectivity index (χ0) is 14.9. The summed E-state index contributed by atoms with van der Waals surface area (Å²) in [6.45, 7) is 1.45. The van der Waals surface area contributed by atoms with Gasteiger partial charge >= 0.3 is 5.97 Å². The lowest BCUT2D eigenvalue weighted by molar-refractivity contribution is 0.0599. The highest BCUT2D eigenvalue weighted by molar-refractivity contribution is 5.97. The normalized spacial score (nSPS) is 10.4. The van der Waals surface area contributed by atoms with Crippen molar-refractivity contribution in [1.82, 2.24) is 5.16 Å². The molecule has 0 spiro atoms. The van der Waals surface area contributed by atoms with Crippen LogP contribution in [0.25, 0.3) is 11.3 Å². The first-order valence-electron chi connectivity index (χ1n) is 5.57. The number of aromatic nitrogens is 1. The Morgan fingerprint density at radius 2 is 1.85 bits per heavy atom. The molecule has 0 amide bonds. The number of carbonyl (C=O) groups excluding carboxylic acids is 1. The van der Waals surface area contributed by atoms with Crippen LogP contribution in [0.2, 0.25) is 0 Å². The fraction of sp³-hybridized carbons (Fsp3) is 0.231. The van der Waals surface area contributed by atoms with Gasteiger partial charge in [0.15, 0.2) is 0 Å². The summed E-state index contributed by atoms with van der Waals surface area (Å²) >= 11 is 0. The van der Waals surface area contributed by atoms with Crippen molar-refractivity contribution in [2.45, 2.75) is 6.92 Å². The van der Waals surface area contributed by atoms with Gasteiger partial charge in [0, 0.05) is 12.1 Å². The average molecular weight is 283 g/mol. The molecule has 7 heteroatoms. The fourth-order valence-corrected chi connectivity index (χ4v) is 1.78. The lowest BCUT2D eigenvalue weighted by atomic mass is 10.0. The molecule has 1 aromatic heterocycles. The lowest BCUT2D eigenvalue weighted by Crippen LogP contribution is -2.05. The number of rotatable bonds is 3. The largest absolute Gasteiger partial charge is 0.497 e. The molecule has 0 N–H and O–H groups in total. The summed E-state index contributed by atoms with van der Waals surface area (Å²) in [6, 6.07) is 1.98. The molecule has 0 aliphatic heterocycles. The fourth-order valence-electron chi connectivity index (χ4n) is 1.78. The van der Waals surface area contributed by atoms with Crippen LogP contribution in [-0.2, 0) is 4.74 Å². The van der Waals surface area contributed by atoms with Gasteiger partial charge in [-0.15, -0.1) is 0 Å². The van der Waals surface area contributed by atoms with E-state index in [4.69, 9.17) is 9.26 Å². The van der Waals surface area contributed by atoms with Gasteiger partial charge in [-0.25, -0.2) is 13.6 Å². The molecule has 0 bridgehead atoms. The van der Waals surface area contributed by atoms with Crippen molar-refractivity contribution in [2.24, 2.45) is 0 Å². The van der Waals surface area contributed by atoms with Gasteiger partial charge < -0.3 is 14.0 Å². The van der Waals surface area contributed by atoms with Crippen LogP contribution in [0, 0.1) is 18.6 Å². The smallest absolute Gasteiger partial charge is 0.343 e. The Morgan fingerprint density at radius 1 is 1.25 bits per heavy atom. The van der Waals surface area contributed by atoms with Gasteiger partial charge in [-0.05, 0) is 6.92 Å². The lowest BCUT2D eigenvalue weighted by Gasteiger charge is -2.06. The van der Waals surface area contributed by atoms with Gasteiger partial charge in [-0.3, -0.25) is 0 Å². The second kappa shape index (κ2) is 5.28. The van der Waals surface area contributed by atoms with Crippen molar-refractivity contribution in [2.75, 3.05) is 14.2 Å². The van der Waals surface area contributed by atoms with Gasteiger partial charge in [0.2, 0.25) is 0 Å². The second-order valence-corrected chi connectivity index (χ2v) is 3.92. The molecular weight excluding hydrogens is 272 g/mol. The van der Waals surface area contributed by atoms with E-state index in [1.807, 2.05) is 0 Å². The highest BCUT2D eigenvalue weighted by Gasteiger charge is 2.27. The van der Waals surface area contributed by atoms with Crippen molar-refractivity contribution < 1.29 is 27.6 Å². The van der Waals surface area contributed by atoms with Gasteiger partial charge in [0.25, 0.3) is 0 Å². The number of nitrogens with zero attached hydrogens (tertiary/aromatic N) is 1. The predicted molar refractivity (Wildman–Crippen MR) is 64.5 cm³/mol. The molecule has 0 unspecified atom stereocenters. The monoisotopic (exact) mass is 283 g/mol. The van der Waals surface area contributed by atoms with Crippen molar-refractivity contribution in [1.29, 1.82) is 0 Å². The zero-order valence-corrected chi connectivity index (χ0v) is 11.0. The van der Waals surface area contributed by atoms with Crippen LogP contribution in [0.4, 0.5) is 8.78 Å². The van der Waals surface area contributed by atoms with E-state index < -0.39 is 23.2 Å². The molecule has 0 saturated carbocycles. The van der Waals surface area contributed by atoms with Crippen molar-refractivity contribution in [3.05, 3.63) is 35.1 Å². The SMILES string of the molecule is COC(=O)c1c(-c2c(F)cc(OC)cc2F)noc1C. The maximum Gasteiger partial charge on any atom is 0.343 e. The molecular formula is C13H11F2NO4. The molecule has 0 atom stereocenters. The summed E-state index contributed by atoms with van der Waals surface area (Å²) in [5.74, 6) is -2.49.